The van der Waals surface area contributed by atoms with Crippen molar-refractivity contribution in [2.75, 3.05) is 11.9 Å². The van der Waals surface area contributed by atoms with Crippen molar-refractivity contribution in [3.05, 3.63) is 89.4 Å². The molecule has 1 aromatic carbocycles. The predicted octanol–water partition coefficient (Wildman–Crippen LogP) is 5.37. The molecule has 0 atom stereocenters. The first-order valence-electron chi connectivity index (χ1n) is 10.8. The zero-order valence-electron chi connectivity index (χ0n) is 17.8. The molecule has 1 amide bonds. The van der Waals surface area contributed by atoms with E-state index < -0.39 is 0 Å². The van der Waals surface area contributed by atoms with Crippen molar-refractivity contribution in [2.24, 2.45) is 0 Å². The van der Waals surface area contributed by atoms with Gasteiger partial charge in [-0.05, 0) is 61.9 Å². The number of carbonyl (C=O) groups is 1. The molecule has 2 heterocycles. The number of nitrogens with zero attached hydrogens (tertiary/aromatic N) is 2. The molecule has 1 aliphatic rings. The summed E-state index contributed by atoms with van der Waals surface area (Å²) in [5.74, 6) is 0.493. The number of hydrogen-bond donors (Lipinski definition) is 1. The summed E-state index contributed by atoms with van der Waals surface area (Å²) in [5, 5.41) is 3.01. The van der Waals surface area contributed by atoms with Crippen LogP contribution in [-0.4, -0.2) is 22.5 Å². The van der Waals surface area contributed by atoms with Crippen LogP contribution in [0.3, 0.4) is 0 Å². The van der Waals surface area contributed by atoms with E-state index in [0.717, 1.165) is 54.5 Å². The first-order valence-corrected chi connectivity index (χ1v) is 10.8. The number of aryl methyl sites for hydroxylation is 1. The molecule has 2 aromatic heterocycles. The lowest BCUT2D eigenvalue weighted by molar-refractivity contribution is -0.113. The van der Waals surface area contributed by atoms with Crippen LogP contribution in [0.15, 0.2) is 72.6 Å². The van der Waals surface area contributed by atoms with Crippen molar-refractivity contribution in [2.45, 2.75) is 39.0 Å². The largest absolute Gasteiger partial charge is 0.477 e. The van der Waals surface area contributed by atoms with Crippen molar-refractivity contribution in [3.63, 3.8) is 0 Å². The maximum atomic E-state index is 13.0. The first kappa shape index (κ1) is 20.8. The number of benzene rings is 1. The summed E-state index contributed by atoms with van der Waals surface area (Å²) in [4.78, 5) is 21.6. The number of amides is 1. The molecule has 1 N–H and O–H groups in total. The van der Waals surface area contributed by atoms with Crippen LogP contribution in [-0.2, 0) is 11.2 Å². The van der Waals surface area contributed by atoms with Crippen molar-refractivity contribution < 1.29 is 9.53 Å². The summed E-state index contributed by atoms with van der Waals surface area (Å²) in [5.41, 5.74) is 6.06. The van der Waals surface area contributed by atoms with Gasteiger partial charge in [-0.2, -0.15) is 0 Å². The second-order valence-corrected chi connectivity index (χ2v) is 7.79. The Balaban J connectivity index is 1.38. The molecule has 0 bridgehead atoms. The molecule has 3 aromatic rings. The van der Waals surface area contributed by atoms with E-state index >= 15 is 0 Å². The van der Waals surface area contributed by atoms with Crippen LogP contribution in [0, 0.1) is 6.92 Å². The molecule has 31 heavy (non-hydrogen) atoms. The van der Waals surface area contributed by atoms with Gasteiger partial charge in [0.1, 0.15) is 0 Å². The molecule has 5 nitrogen and oxygen atoms in total. The van der Waals surface area contributed by atoms with Gasteiger partial charge in [-0.15, -0.1) is 0 Å². The Labute approximate surface area is 183 Å². The minimum Gasteiger partial charge on any atom is -0.477 e. The van der Waals surface area contributed by atoms with Crippen LogP contribution in [0.5, 0.6) is 5.88 Å². The summed E-state index contributed by atoms with van der Waals surface area (Å²) in [7, 11) is 0. The summed E-state index contributed by atoms with van der Waals surface area (Å²) < 4.78 is 5.70. The predicted molar refractivity (Wildman–Crippen MR) is 123 cm³/mol. The quantitative estimate of drug-likeness (QED) is 0.565. The fraction of sp³-hybridized carbons (Fsp3) is 0.269. The molecule has 0 saturated heterocycles. The lowest BCUT2D eigenvalue weighted by Crippen LogP contribution is -2.18. The highest BCUT2D eigenvalue weighted by Gasteiger charge is 2.20. The number of allylic oxidation sites excluding steroid dienone is 1. The minimum atomic E-state index is -0.0408. The fourth-order valence-corrected chi connectivity index (χ4v) is 3.78. The molecule has 0 fully saturated rings. The van der Waals surface area contributed by atoms with Gasteiger partial charge >= 0.3 is 0 Å². The van der Waals surface area contributed by atoms with Crippen molar-refractivity contribution in [1.82, 2.24) is 9.97 Å². The highest BCUT2D eigenvalue weighted by molar-refractivity contribution is 6.09. The normalized spacial score (nSPS) is 13.7. The van der Waals surface area contributed by atoms with E-state index in [9.17, 15) is 4.79 Å². The Morgan fingerprint density at radius 1 is 1.00 bits per heavy atom. The van der Waals surface area contributed by atoms with Gasteiger partial charge < -0.3 is 10.1 Å². The third-order valence-electron chi connectivity index (χ3n) is 5.47. The Hall–Kier alpha value is -3.47. The zero-order valence-corrected chi connectivity index (χ0v) is 17.8. The lowest BCUT2D eigenvalue weighted by atomic mass is 9.86. The van der Waals surface area contributed by atoms with Crippen molar-refractivity contribution >= 4 is 17.2 Å². The second kappa shape index (κ2) is 10.0. The highest BCUT2D eigenvalue weighted by atomic mass is 16.5. The van der Waals surface area contributed by atoms with Crippen LogP contribution in [0.25, 0.3) is 5.57 Å². The monoisotopic (exact) mass is 413 g/mol. The molecule has 0 radical (unpaired) electrons. The van der Waals surface area contributed by atoms with E-state index in [1.807, 2.05) is 24.3 Å². The number of hydrogen-bond acceptors (Lipinski definition) is 4. The molecule has 1 aliphatic carbocycles. The Bertz CT molecular complexity index is 1040. The van der Waals surface area contributed by atoms with E-state index in [0.29, 0.717) is 18.2 Å². The third kappa shape index (κ3) is 5.57. The maximum absolute atomic E-state index is 13.0. The van der Waals surface area contributed by atoms with Crippen molar-refractivity contribution in [1.29, 1.82) is 0 Å². The average molecular weight is 414 g/mol. The number of aromatic nitrogens is 2. The second-order valence-electron chi connectivity index (χ2n) is 7.79. The number of ether oxygens (including phenoxy) is 1. The molecule has 0 spiro atoms. The van der Waals surface area contributed by atoms with E-state index in [1.54, 1.807) is 18.5 Å². The Morgan fingerprint density at radius 2 is 1.84 bits per heavy atom. The third-order valence-corrected chi connectivity index (χ3v) is 5.47. The molecular formula is C26H27N3O2. The summed E-state index contributed by atoms with van der Waals surface area (Å²) >= 11 is 0. The summed E-state index contributed by atoms with van der Waals surface area (Å²) in [6.07, 6.45) is 8.03. The fourth-order valence-electron chi connectivity index (χ4n) is 3.78. The number of pyridine rings is 2. The molecule has 4 rings (SSSR count). The first-order chi connectivity index (χ1) is 15.2. The van der Waals surface area contributed by atoms with Gasteiger partial charge in [0.2, 0.25) is 5.88 Å². The van der Waals surface area contributed by atoms with Gasteiger partial charge in [0.05, 0.1) is 18.5 Å². The van der Waals surface area contributed by atoms with Gasteiger partial charge in [-0.1, -0.05) is 35.9 Å². The van der Waals surface area contributed by atoms with Crippen LogP contribution < -0.4 is 10.1 Å². The van der Waals surface area contributed by atoms with Crippen LogP contribution in [0.1, 0.15) is 42.5 Å². The van der Waals surface area contributed by atoms with E-state index in [4.69, 9.17) is 4.74 Å². The maximum Gasteiger partial charge on any atom is 0.251 e. The summed E-state index contributed by atoms with van der Waals surface area (Å²) in [6.45, 7) is 2.58. The number of carbonyl (C=O) groups excluding carboxylic acids is 1. The van der Waals surface area contributed by atoms with Gasteiger partial charge in [-0.3, -0.25) is 9.78 Å². The number of rotatable bonds is 7. The SMILES string of the molecule is Cc1ccc(C2=C(C(=O)Nc3ccc(OCCc4ccccn4)nc3)CCCC2)cc1. The molecule has 5 heteroatoms. The number of nitrogens with one attached hydrogen (secondary N) is 1. The molecule has 0 unspecified atom stereocenters. The lowest BCUT2D eigenvalue weighted by Gasteiger charge is -2.20. The van der Waals surface area contributed by atoms with Gasteiger partial charge in [-0.25, -0.2) is 4.98 Å². The minimum absolute atomic E-state index is 0.0408. The Morgan fingerprint density at radius 3 is 2.58 bits per heavy atom. The van der Waals surface area contributed by atoms with Gasteiger partial charge in [0.25, 0.3) is 5.91 Å². The van der Waals surface area contributed by atoms with Gasteiger partial charge in [0, 0.05) is 30.0 Å². The van der Waals surface area contributed by atoms with Crippen LogP contribution in [0.4, 0.5) is 5.69 Å². The van der Waals surface area contributed by atoms with Gasteiger partial charge in [0.15, 0.2) is 0 Å². The molecular weight excluding hydrogens is 386 g/mol. The summed E-state index contributed by atoms with van der Waals surface area (Å²) in [6, 6.07) is 17.9. The molecule has 0 saturated carbocycles. The average Bonchev–Trinajstić information content (AvgIpc) is 2.81. The van der Waals surface area contributed by atoms with Crippen LogP contribution >= 0.6 is 0 Å². The van der Waals surface area contributed by atoms with E-state index in [2.05, 4.69) is 46.5 Å². The van der Waals surface area contributed by atoms with Crippen LogP contribution in [0.2, 0.25) is 0 Å². The topological polar surface area (TPSA) is 64.1 Å². The van der Waals surface area contributed by atoms with E-state index in [-0.39, 0.29) is 5.91 Å². The smallest absolute Gasteiger partial charge is 0.251 e. The Kier molecular flexibility index (Phi) is 6.72. The van der Waals surface area contributed by atoms with E-state index in [1.165, 1.54) is 5.56 Å². The highest BCUT2D eigenvalue weighted by Crippen LogP contribution is 2.33. The zero-order chi connectivity index (χ0) is 21.5. The molecule has 0 aliphatic heterocycles. The number of anilines is 1. The standard InChI is InChI=1S/C26H27N3O2/c1-19-9-11-20(12-10-19)23-7-2-3-8-24(23)26(30)29-22-13-14-25(28-18-22)31-17-15-21-6-4-5-16-27-21/h4-6,9-14,16,18H,2-3,7-8,15,17H2,1H3,(H,29,30). The van der Waals surface area contributed by atoms with Crippen molar-refractivity contribution in [3.8, 4) is 5.88 Å². The molecule has 158 valence electrons.